The third-order valence-corrected chi connectivity index (χ3v) is 2.47. The zero-order valence-electron chi connectivity index (χ0n) is 9.31. The van der Waals surface area contributed by atoms with Crippen LogP contribution in [0.15, 0.2) is 34.3 Å². The molecular formula is C12H15N3O. The zero-order chi connectivity index (χ0) is 11.4. The predicted molar refractivity (Wildman–Crippen MR) is 60.5 cm³/mol. The summed E-state index contributed by atoms with van der Waals surface area (Å²) >= 11 is 0. The fraction of sp³-hybridized carbons (Fsp3) is 0.417. The van der Waals surface area contributed by atoms with Crippen molar-refractivity contribution in [2.45, 2.75) is 25.9 Å². The number of unbranched alkanes of at least 4 members (excludes halogenated alkanes) is 1. The molecule has 1 aliphatic rings. The number of rotatable bonds is 4. The first-order valence-corrected chi connectivity index (χ1v) is 5.59. The molecular weight excluding hydrogens is 202 g/mol. The van der Waals surface area contributed by atoms with Crippen LogP contribution in [0, 0.1) is 0 Å². The highest BCUT2D eigenvalue weighted by Crippen LogP contribution is 1.95. The average molecular weight is 217 g/mol. The van der Waals surface area contributed by atoms with Crippen LogP contribution in [0.2, 0.25) is 0 Å². The number of fused-ring (bicyclic) bond motifs is 1. The van der Waals surface area contributed by atoms with Gasteiger partial charge in [-0.15, -0.1) is 0 Å². The Balaban J connectivity index is 2.04. The smallest absolute Gasteiger partial charge is 0.267 e. The summed E-state index contributed by atoms with van der Waals surface area (Å²) in [6, 6.07) is 7.54. The van der Waals surface area contributed by atoms with E-state index in [0.717, 1.165) is 23.6 Å². The van der Waals surface area contributed by atoms with Gasteiger partial charge in [0, 0.05) is 6.54 Å². The molecule has 4 nitrogen and oxygen atoms in total. The summed E-state index contributed by atoms with van der Waals surface area (Å²) in [6.07, 6.45) is 1.47. The van der Waals surface area contributed by atoms with Crippen LogP contribution >= 0.6 is 0 Å². The van der Waals surface area contributed by atoms with Crippen LogP contribution in [0.25, 0.3) is 0 Å². The number of hydrogen-bond acceptors (Lipinski definition) is 3. The molecule has 0 aromatic heterocycles. The first kappa shape index (κ1) is 10.8. The Morgan fingerprint density at radius 3 is 2.50 bits per heavy atom. The van der Waals surface area contributed by atoms with Crippen LogP contribution in [-0.2, 0) is 4.79 Å². The molecule has 84 valence electrons. The zero-order valence-corrected chi connectivity index (χ0v) is 9.31. The first-order valence-electron chi connectivity index (χ1n) is 5.59. The fourth-order valence-corrected chi connectivity index (χ4v) is 1.57. The van der Waals surface area contributed by atoms with Gasteiger partial charge in [0.25, 0.3) is 5.91 Å². The first-order chi connectivity index (χ1) is 7.81. The second-order valence-electron chi connectivity index (χ2n) is 3.77. The Morgan fingerprint density at radius 2 is 1.94 bits per heavy atom. The van der Waals surface area contributed by atoms with Crippen molar-refractivity contribution in [1.29, 1.82) is 0 Å². The third kappa shape index (κ3) is 2.27. The highest BCUT2D eigenvalue weighted by molar-refractivity contribution is 5.81. The number of nitrogens with one attached hydrogen (secondary N) is 1. The lowest BCUT2D eigenvalue weighted by atomic mass is 10.3. The molecule has 0 bridgehead atoms. The standard InChI is InChI=1S/C12H15N3O/c1-2-3-8-13-12(16)11-14-9-6-4-5-7-10(9)15-11/h4-7,11H,2-3,8H2,1H3,(H,13,16). The van der Waals surface area contributed by atoms with Gasteiger partial charge in [-0.05, 0) is 18.6 Å². The molecule has 0 radical (unpaired) electrons. The van der Waals surface area contributed by atoms with Crippen LogP contribution in [-0.4, -0.2) is 18.6 Å². The molecule has 2 rings (SSSR count). The molecule has 16 heavy (non-hydrogen) atoms. The van der Waals surface area contributed by atoms with E-state index < -0.39 is 6.17 Å². The number of hydrogen-bond donors (Lipinski definition) is 1. The SMILES string of the molecule is CCCCNC(=O)C1N=c2ccccc2=N1. The quantitative estimate of drug-likeness (QED) is 0.719. The summed E-state index contributed by atoms with van der Waals surface area (Å²) in [4.78, 5) is 20.2. The molecule has 1 N–H and O–H groups in total. The van der Waals surface area contributed by atoms with Crippen LogP contribution in [0.3, 0.4) is 0 Å². The molecule has 1 aliphatic heterocycles. The Bertz CT molecular complexity index is 460. The maximum absolute atomic E-state index is 11.7. The molecule has 0 atom stereocenters. The van der Waals surface area contributed by atoms with Gasteiger partial charge in [-0.1, -0.05) is 25.5 Å². The van der Waals surface area contributed by atoms with Gasteiger partial charge < -0.3 is 5.32 Å². The number of nitrogens with zero attached hydrogens (tertiary/aromatic N) is 2. The summed E-state index contributed by atoms with van der Waals surface area (Å²) in [5.41, 5.74) is 0. The van der Waals surface area contributed by atoms with Crippen LogP contribution in [0.4, 0.5) is 0 Å². The summed E-state index contributed by atoms with van der Waals surface area (Å²) in [7, 11) is 0. The summed E-state index contributed by atoms with van der Waals surface area (Å²) in [5.74, 6) is -0.107. The van der Waals surface area contributed by atoms with Crippen molar-refractivity contribution in [3.8, 4) is 0 Å². The monoisotopic (exact) mass is 217 g/mol. The van der Waals surface area contributed by atoms with Crippen molar-refractivity contribution < 1.29 is 4.79 Å². The highest BCUT2D eigenvalue weighted by Gasteiger charge is 2.17. The lowest BCUT2D eigenvalue weighted by molar-refractivity contribution is -0.122. The molecule has 0 saturated carbocycles. The molecule has 1 aromatic rings. The summed E-state index contributed by atoms with van der Waals surface area (Å²) < 4.78 is 0. The Labute approximate surface area is 94.1 Å². The maximum atomic E-state index is 11.7. The number of carbonyl (C=O) groups excluding carboxylic acids is 1. The lowest BCUT2D eigenvalue weighted by Crippen LogP contribution is -2.32. The van der Waals surface area contributed by atoms with Crippen molar-refractivity contribution in [1.82, 2.24) is 5.32 Å². The second kappa shape index (κ2) is 4.88. The van der Waals surface area contributed by atoms with Gasteiger partial charge in [0.05, 0.1) is 10.7 Å². The van der Waals surface area contributed by atoms with Crippen LogP contribution < -0.4 is 16.0 Å². The molecule has 0 saturated heterocycles. The predicted octanol–water partition coefficient (Wildman–Crippen LogP) is 0.182. The van der Waals surface area contributed by atoms with Gasteiger partial charge in [0.15, 0.2) is 0 Å². The van der Waals surface area contributed by atoms with E-state index in [1.807, 2.05) is 24.3 Å². The number of para-hydroxylation sites is 2. The average Bonchev–Trinajstić information content (AvgIpc) is 2.73. The van der Waals surface area contributed by atoms with E-state index in [9.17, 15) is 4.79 Å². The molecule has 0 fully saturated rings. The Morgan fingerprint density at radius 1 is 1.31 bits per heavy atom. The molecule has 1 heterocycles. The largest absolute Gasteiger partial charge is 0.353 e. The van der Waals surface area contributed by atoms with Gasteiger partial charge in [0.2, 0.25) is 6.17 Å². The van der Waals surface area contributed by atoms with Crippen molar-refractivity contribution in [2.75, 3.05) is 6.54 Å². The van der Waals surface area contributed by atoms with E-state index in [0.29, 0.717) is 6.54 Å². The second-order valence-corrected chi connectivity index (χ2v) is 3.77. The van der Waals surface area contributed by atoms with E-state index in [1.165, 1.54) is 0 Å². The summed E-state index contributed by atoms with van der Waals surface area (Å²) in [6.45, 7) is 2.79. The normalized spacial score (nSPS) is 13.8. The van der Waals surface area contributed by atoms with Crippen molar-refractivity contribution >= 4 is 5.91 Å². The van der Waals surface area contributed by atoms with E-state index in [4.69, 9.17) is 0 Å². The highest BCUT2D eigenvalue weighted by atomic mass is 16.2. The number of benzene rings is 1. The molecule has 0 unspecified atom stereocenters. The fourth-order valence-electron chi connectivity index (χ4n) is 1.57. The van der Waals surface area contributed by atoms with Crippen molar-refractivity contribution in [2.24, 2.45) is 9.98 Å². The Hall–Kier alpha value is -1.71. The minimum Gasteiger partial charge on any atom is -0.353 e. The van der Waals surface area contributed by atoms with E-state index in [2.05, 4.69) is 22.2 Å². The lowest BCUT2D eigenvalue weighted by Gasteiger charge is -2.05. The topological polar surface area (TPSA) is 53.8 Å². The molecule has 0 aliphatic carbocycles. The summed E-state index contributed by atoms with van der Waals surface area (Å²) in [5, 5.41) is 4.44. The minimum absolute atomic E-state index is 0.107. The van der Waals surface area contributed by atoms with Crippen molar-refractivity contribution in [3.63, 3.8) is 0 Å². The van der Waals surface area contributed by atoms with E-state index in [1.54, 1.807) is 0 Å². The molecule has 1 aromatic carbocycles. The van der Waals surface area contributed by atoms with Gasteiger partial charge >= 0.3 is 0 Å². The van der Waals surface area contributed by atoms with Gasteiger partial charge in [-0.25, -0.2) is 9.98 Å². The van der Waals surface area contributed by atoms with Gasteiger partial charge in [-0.3, -0.25) is 4.79 Å². The van der Waals surface area contributed by atoms with E-state index >= 15 is 0 Å². The van der Waals surface area contributed by atoms with Gasteiger partial charge in [-0.2, -0.15) is 0 Å². The number of amides is 1. The van der Waals surface area contributed by atoms with Crippen LogP contribution in [0.1, 0.15) is 19.8 Å². The Kier molecular flexibility index (Phi) is 3.29. The van der Waals surface area contributed by atoms with Crippen molar-refractivity contribution in [3.05, 3.63) is 35.0 Å². The minimum atomic E-state index is -0.589. The van der Waals surface area contributed by atoms with Gasteiger partial charge in [0.1, 0.15) is 0 Å². The maximum Gasteiger partial charge on any atom is 0.267 e. The molecule has 0 spiro atoms. The molecule has 1 amide bonds. The third-order valence-electron chi connectivity index (χ3n) is 2.47. The van der Waals surface area contributed by atoms with E-state index in [-0.39, 0.29) is 5.91 Å². The van der Waals surface area contributed by atoms with Crippen LogP contribution in [0.5, 0.6) is 0 Å². The number of carbonyl (C=O) groups is 1. The molecule has 4 heteroatoms.